The molecule has 11 heavy (non-hydrogen) atoms. The van der Waals surface area contributed by atoms with Crippen LogP contribution in [0.25, 0.3) is 0 Å². The van der Waals surface area contributed by atoms with Crippen LogP contribution in [0.15, 0.2) is 0 Å². The van der Waals surface area contributed by atoms with E-state index >= 15 is 0 Å². The van der Waals surface area contributed by atoms with Crippen molar-refractivity contribution in [3.05, 3.63) is 0 Å². The van der Waals surface area contributed by atoms with Crippen molar-refractivity contribution in [1.29, 1.82) is 0 Å². The molecule has 0 aromatic heterocycles. The molecule has 0 saturated carbocycles. The van der Waals surface area contributed by atoms with Crippen molar-refractivity contribution in [2.45, 2.75) is 18.5 Å². The second-order valence-electron chi connectivity index (χ2n) is 3.10. The summed E-state index contributed by atoms with van der Waals surface area (Å²) in [7, 11) is 0. The van der Waals surface area contributed by atoms with Gasteiger partial charge in [-0.2, -0.15) is 0 Å². The summed E-state index contributed by atoms with van der Waals surface area (Å²) in [5.41, 5.74) is -0.130. The highest BCUT2D eigenvalue weighted by Gasteiger charge is 2.38. The van der Waals surface area contributed by atoms with Crippen molar-refractivity contribution < 1.29 is 9.53 Å². The van der Waals surface area contributed by atoms with E-state index < -0.39 is 0 Å². The highest BCUT2D eigenvalue weighted by molar-refractivity contribution is 5.81. The van der Waals surface area contributed by atoms with Crippen molar-refractivity contribution in [2.24, 2.45) is 0 Å². The molecule has 2 N–H and O–H groups in total. The maximum absolute atomic E-state index is 10.9. The smallest absolute Gasteiger partial charge is 0.235 e. The Balaban J connectivity index is 2.03. The maximum atomic E-state index is 10.9. The summed E-state index contributed by atoms with van der Waals surface area (Å²) in [4.78, 5) is 10.9. The average Bonchev–Trinajstić information content (AvgIpc) is 2.34. The molecule has 0 aromatic rings. The third kappa shape index (κ3) is 1.23. The van der Waals surface area contributed by atoms with Gasteiger partial charge < -0.3 is 10.1 Å². The highest BCUT2D eigenvalue weighted by Crippen LogP contribution is 2.19. The minimum Gasteiger partial charge on any atom is -0.381 e. The van der Waals surface area contributed by atoms with Gasteiger partial charge in [-0.25, -0.2) is 0 Å². The van der Waals surface area contributed by atoms with E-state index in [-0.39, 0.29) is 11.6 Å². The van der Waals surface area contributed by atoms with E-state index in [0.717, 1.165) is 26.1 Å². The summed E-state index contributed by atoms with van der Waals surface area (Å²) in [6.45, 7) is 1.94. The molecule has 0 aromatic carbocycles. The normalized spacial score (nSPS) is 28.9. The third-order valence-electron chi connectivity index (χ3n) is 2.31. The zero-order valence-corrected chi connectivity index (χ0v) is 6.35. The number of nitrogens with one attached hydrogen (secondary N) is 2. The first-order chi connectivity index (χ1) is 5.31. The lowest BCUT2D eigenvalue weighted by atomic mass is 10.0. The molecule has 62 valence electrons. The van der Waals surface area contributed by atoms with Crippen LogP contribution >= 0.6 is 0 Å². The first-order valence-corrected chi connectivity index (χ1v) is 3.95. The first kappa shape index (κ1) is 7.06. The maximum Gasteiger partial charge on any atom is 0.235 e. The molecule has 4 nitrogen and oxygen atoms in total. The molecule has 2 aliphatic rings. The Morgan fingerprint density at radius 1 is 1.36 bits per heavy atom. The predicted molar refractivity (Wildman–Crippen MR) is 38.9 cm³/mol. The van der Waals surface area contributed by atoms with E-state index in [1.165, 1.54) is 0 Å². The fourth-order valence-electron chi connectivity index (χ4n) is 1.63. The van der Waals surface area contributed by atoms with Gasteiger partial charge in [0.2, 0.25) is 5.91 Å². The van der Waals surface area contributed by atoms with Crippen LogP contribution in [0.2, 0.25) is 0 Å². The summed E-state index contributed by atoms with van der Waals surface area (Å²) in [5, 5.41) is 6.12. The van der Waals surface area contributed by atoms with E-state index in [1.54, 1.807) is 0 Å². The van der Waals surface area contributed by atoms with E-state index in [1.807, 2.05) is 0 Å². The number of amides is 1. The van der Waals surface area contributed by atoms with Gasteiger partial charge in [-0.3, -0.25) is 10.1 Å². The van der Waals surface area contributed by atoms with Gasteiger partial charge in [0, 0.05) is 12.8 Å². The molecule has 0 radical (unpaired) electrons. The van der Waals surface area contributed by atoms with Gasteiger partial charge in [0.25, 0.3) is 0 Å². The van der Waals surface area contributed by atoms with Crippen LogP contribution in [-0.4, -0.2) is 31.3 Å². The first-order valence-electron chi connectivity index (χ1n) is 3.95. The molecule has 0 aliphatic carbocycles. The zero-order valence-electron chi connectivity index (χ0n) is 6.35. The zero-order chi connectivity index (χ0) is 7.73. The van der Waals surface area contributed by atoms with Crippen LogP contribution in [0.5, 0.6) is 0 Å². The number of hydrogen-bond donors (Lipinski definition) is 2. The molecule has 0 atom stereocenters. The fraction of sp³-hybridized carbons (Fsp3) is 0.857. The Bertz CT molecular complexity index is 175. The van der Waals surface area contributed by atoms with Crippen molar-refractivity contribution in [3.8, 4) is 0 Å². The molecule has 2 rings (SSSR count). The van der Waals surface area contributed by atoms with Crippen molar-refractivity contribution in [2.75, 3.05) is 19.8 Å². The van der Waals surface area contributed by atoms with Crippen LogP contribution in [0.4, 0.5) is 0 Å². The lowest BCUT2D eigenvalue weighted by Crippen LogP contribution is -2.53. The topological polar surface area (TPSA) is 50.4 Å². The lowest BCUT2D eigenvalue weighted by molar-refractivity contribution is -0.119. The van der Waals surface area contributed by atoms with Crippen LogP contribution in [0, 0.1) is 0 Å². The predicted octanol–water partition coefficient (Wildman–Crippen LogP) is -0.787. The van der Waals surface area contributed by atoms with Crippen molar-refractivity contribution >= 4 is 5.91 Å². The second kappa shape index (κ2) is 2.46. The number of carbonyl (C=O) groups excluding carboxylic acids is 1. The molecular weight excluding hydrogens is 144 g/mol. The average molecular weight is 156 g/mol. The molecule has 2 fully saturated rings. The summed E-state index contributed by atoms with van der Waals surface area (Å²) in [5.74, 6) is 0.104. The molecule has 2 heterocycles. The minimum absolute atomic E-state index is 0.104. The Kier molecular flexibility index (Phi) is 1.58. The van der Waals surface area contributed by atoms with E-state index in [0.29, 0.717) is 6.54 Å². The molecule has 2 aliphatic heterocycles. The molecule has 4 heteroatoms. The van der Waals surface area contributed by atoms with Crippen molar-refractivity contribution in [1.82, 2.24) is 10.6 Å². The van der Waals surface area contributed by atoms with Crippen molar-refractivity contribution in [3.63, 3.8) is 0 Å². The molecule has 1 spiro atoms. The Hall–Kier alpha value is -0.610. The van der Waals surface area contributed by atoms with Gasteiger partial charge in [0.1, 0.15) is 0 Å². The van der Waals surface area contributed by atoms with Crippen LogP contribution in [0.3, 0.4) is 0 Å². The number of ether oxygens (including phenoxy) is 1. The molecule has 1 amide bonds. The molecule has 0 unspecified atom stereocenters. The Morgan fingerprint density at radius 2 is 2.09 bits per heavy atom. The summed E-state index contributed by atoms with van der Waals surface area (Å²) in [6.07, 6.45) is 1.78. The minimum atomic E-state index is -0.130. The van der Waals surface area contributed by atoms with Crippen LogP contribution < -0.4 is 10.6 Å². The number of carbonyl (C=O) groups is 1. The van der Waals surface area contributed by atoms with E-state index in [9.17, 15) is 4.79 Å². The Labute approximate surface area is 65.3 Å². The second-order valence-corrected chi connectivity index (χ2v) is 3.10. The van der Waals surface area contributed by atoms with Gasteiger partial charge in [0.05, 0.1) is 25.4 Å². The SMILES string of the molecule is O=C1CNC2(CCOCC2)N1. The lowest BCUT2D eigenvalue weighted by Gasteiger charge is -2.32. The quantitative estimate of drug-likeness (QED) is 0.483. The highest BCUT2D eigenvalue weighted by atomic mass is 16.5. The third-order valence-corrected chi connectivity index (χ3v) is 2.31. The van der Waals surface area contributed by atoms with E-state index in [4.69, 9.17) is 4.74 Å². The summed E-state index contributed by atoms with van der Waals surface area (Å²) >= 11 is 0. The summed E-state index contributed by atoms with van der Waals surface area (Å²) < 4.78 is 5.20. The largest absolute Gasteiger partial charge is 0.381 e. The van der Waals surface area contributed by atoms with Crippen LogP contribution in [-0.2, 0) is 9.53 Å². The monoisotopic (exact) mass is 156 g/mol. The van der Waals surface area contributed by atoms with Gasteiger partial charge in [0.15, 0.2) is 0 Å². The van der Waals surface area contributed by atoms with Gasteiger partial charge >= 0.3 is 0 Å². The molecule has 0 bridgehead atoms. The van der Waals surface area contributed by atoms with Gasteiger partial charge in [-0.05, 0) is 0 Å². The van der Waals surface area contributed by atoms with Crippen LogP contribution in [0.1, 0.15) is 12.8 Å². The number of rotatable bonds is 0. The standard InChI is InChI=1S/C7H12N2O2/c10-6-5-8-7(9-6)1-3-11-4-2-7/h8H,1-5H2,(H,9,10). The van der Waals surface area contributed by atoms with Gasteiger partial charge in [-0.15, -0.1) is 0 Å². The number of hydrogen-bond acceptors (Lipinski definition) is 3. The summed E-state index contributed by atoms with van der Waals surface area (Å²) in [6, 6.07) is 0. The molecular formula is C7H12N2O2. The van der Waals surface area contributed by atoms with E-state index in [2.05, 4.69) is 10.6 Å². The fourth-order valence-corrected chi connectivity index (χ4v) is 1.63. The van der Waals surface area contributed by atoms with Gasteiger partial charge in [-0.1, -0.05) is 0 Å². The molecule has 2 saturated heterocycles. The Morgan fingerprint density at radius 3 is 2.64 bits per heavy atom.